The van der Waals surface area contributed by atoms with Gasteiger partial charge in [0.15, 0.2) is 18.1 Å². The van der Waals surface area contributed by atoms with Crippen LogP contribution in [0.4, 0.5) is 4.79 Å². The number of imide groups is 1. The van der Waals surface area contributed by atoms with Gasteiger partial charge in [-0.3, -0.25) is 14.5 Å². The average Bonchev–Trinajstić information content (AvgIpc) is 3.00. The van der Waals surface area contributed by atoms with E-state index in [1.165, 1.54) is 31.4 Å². The van der Waals surface area contributed by atoms with Crippen LogP contribution < -0.4 is 9.47 Å². The minimum atomic E-state index is -1.13. The Morgan fingerprint density at radius 2 is 1.87 bits per heavy atom. The summed E-state index contributed by atoms with van der Waals surface area (Å²) >= 11 is 0.771. The maximum absolute atomic E-state index is 12.7. The molecule has 0 aromatic heterocycles. The molecule has 2 aromatic rings. The number of hydrogen-bond acceptors (Lipinski definition) is 7. The molecular weight excluding hydrogens is 426 g/mol. The predicted molar refractivity (Wildman–Crippen MR) is 111 cm³/mol. The Balaban J connectivity index is 1.79. The molecule has 1 fully saturated rings. The zero-order chi connectivity index (χ0) is 22.5. The van der Waals surface area contributed by atoms with Gasteiger partial charge in [0.25, 0.3) is 11.1 Å². The smallest absolute Gasteiger partial charge is 0.341 e. The minimum Gasteiger partial charge on any atom is -0.493 e. The Morgan fingerprint density at radius 1 is 1.10 bits per heavy atom. The standard InChI is InChI=1S/C21H17NO8S/c1-29-16-8-12(5-6-15(16)30-11-18(23)24)9-17-19(25)22(21(28)31-17)10-13-3-2-4-14(7-13)20(26)27/h2-9H,10-11H2,1H3,(H,23,24)(H,26,27). The molecule has 1 aliphatic heterocycles. The van der Waals surface area contributed by atoms with Gasteiger partial charge in [0, 0.05) is 0 Å². The lowest BCUT2D eigenvalue weighted by atomic mass is 10.1. The lowest BCUT2D eigenvalue weighted by Crippen LogP contribution is -2.27. The Morgan fingerprint density at radius 3 is 2.55 bits per heavy atom. The van der Waals surface area contributed by atoms with Crippen molar-refractivity contribution >= 4 is 40.9 Å². The molecule has 31 heavy (non-hydrogen) atoms. The van der Waals surface area contributed by atoms with E-state index in [9.17, 15) is 19.2 Å². The molecule has 0 unspecified atom stereocenters. The van der Waals surface area contributed by atoms with Crippen LogP contribution in [0.3, 0.4) is 0 Å². The largest absolute Gasteiger partial charge is 0.493 e. The van der Waals surface area contributed by atoms with Gasteiger partial charge >= 0.3 is 11.9 Å². The van der Waals surface area contributed by atoms with Gasteiger partial charge in [-0.1, -0.05) is 18.2 Å². The van der Waals surface area contributed by atoms with Gasteiger partial charge < -0.3 is 19.7 Å². The van der Waals surface area contributed by atoms with E-state index in [2.05, 4.69) is 0 Å². The lowest BCUT2D eigenvalue weighted by molar-refractivity contribution is -0.139. The molecule has 3 rings (SSSR count). The number of aliphatic carboxylic acids is 1. The van der Waals surface area contributed by atoms with Gasteiger partial charge in [-0.2, -0.15) is 0 Å². The molecule has 2 N–H and O–H groups in total. The summed E-state index contributed by atoms with van der Waals surface area (Å²) in [4.78, 5) is 48.1. The van der Waals surface area contributed by atoms with Gasteiger partial charge in [-0.05, 0) is 53.2 Å². The third-order valence-corrected chi connectivity index (χ3v) is 5.13. The minimum absolute atomic E-state index is 0.0472. The quantitative estimate of drug-likeness (QED) is 0.591. The van der Waals surface area contributed by atoms with Crippen LogP contribution in [0.1, 0.15) is 21.5 Å². The highest BCUT2D eigenvalue weighted by atomic mass is 32.2. The predicted octanol–water partition coefficient (Wildman–Crippen LogP) is 3.09. The highest BCUT2D eigenvalue weighted by Crippen LogP contribution is 2.35. The molecule has 10 heteroatoms. The number of thioether (sulfide) groups is 1. The number of carboxylic acid groups (broad SMARTS) is 2. The van der Waals surface area contributed by atoms with Crippen LogP contribution in [0.15, 0.2) is 47.4 Å². The number of rotatable bonds is 8. The number of hydrogen-bond donors (Lipinski definition) is 2. The SMILES string of the molecule is COc1cc(C=C2SC(=O)N(Cc3cccc(C(=O)O)c3)C2=O)ccc1OCC(=O)O. The summed E-state index contributed by atoms with van der Waals surface area (Å²) in [6.07, 6.45) is 1.52. The molecule has 0 spiro atoms. The van der Waals surface area contributed by atoms with Crippen LogP contribution in [-0.4, -0.2) is 51.9 Å². The summed E-state index contributed by atoms with van der Waals surface area (Å²) in [5, 5.41) is 17.4. The van der Waals surface area contributed by atoms with Crippen molar-refractivity contribution in [3.05, 3.63) is 64.1 Å². The number of methoxy groups -OCH3 is 1. The number of carboxylic acids is 2. The van der Waals surface area contributed by atoms with Crippen molar-refractivity contribution in [2.45, 2.75) is 6.54 Å². The van der Waals surface area contributed by atoms with Crippen molar-refractivity contribution in [2.75, 3.05) is 13.7 Å². The number of carbonyl (C=O) groups is 4. The number of aromatic carboxylic acids is 1. The number of carbonyl (C=O) groups excluding carboxylic acids is 2. The molecule has 0 saturated carbocycles. The van der Waals surface area contributed by atoms with Crippen LogP contribution in [0, 0.1) is 0 Å². The molecule has 0 bridgehead atoms. The molecule has 0 radical (unpaired) electrons. The molecule has 1 aliphatic rings. The summed E-state index contributed by atoms with van der Waals surface area (Å²) in [6, 6.07) is 10.7. The van der Waals surface area contributed by atoms with Gasteiger partial charge in [0.05, 0.1) is 24.1 Å². The van der Waals surface area contributed by atoms with E-state index in [-0.39, 0.29) is 28.5 Å². The fourth-order valence-electron chi connectivity index (χ4n) is 2.81. The molecule has 1 saturated heterocycles. The molecule has 2 amide bonds. The normalized spacial score (nSPS) is 14.7. The zero-order valence-corrected chi connectivity index (χ0v) is 17.0. The van der Waals surface area contributed by atoms with E-state index in [0.717, 1.165) is 16.7 Å². The Hall–Kier alpha value is -3.79. The maximum Gasteiger partial charge on any atom is 0.341 e. The lowest BCUT2D eigenvalue weighted by Gasteiger charge is -2.13. The fraction of sp³-hybridized carbons (Fsp3) is 0.143. The Kier molecular flexibility index (Phi) is 6.61. The van der Waals surface area contributed by atoms with E-state index in [4.69, 9.17) is 19.7 Å². The topological polar surface area (TPSA) is 130 Å². The molecule has 1 heterocycles. The van der Waals surface area contributed by atoms with E-state index in [0.29, 0.717) is 11.1 Å². The molecule has 0 atom stereocenters. The van der Waals surface area contributed by atoms with E-state index in [1.807, 2.05) is 0 Å². The Labute approximate surface area is 180 Å². The zero-order valence-electron chi connectivity index (χ0n) is 16.2. The molecule has 2 aromatic carbocycles. The third kappa shape index (κ3) is 5.23. The fourth-order valence-corrected chi connectivity index (χ4v) is 3.64. The number of benzene rings is 2. The highest BCUT2D eigenvalue weighted by Gasteiger charge is 2.35. The second-order valence-corrected chi connectivity index (χ2v) is 7.36. The summed E-state index contributed by atoms with van der Waals surface area (Å²) < 4.78 is 10.3. The molecule has 0 aliphatic carbocycles. The second kappa shape index (κ2) is 9.35. The molecule has 160 valence electrons. The molecular formula is C21H17NO8S. The number of ether oxygens (including phenoxy) is 2. The van der Waals surface area contributed by atoms with Crippen LogP contribution in [0.2, 0.25) is 0 Å². The maximum atomic E-state index is 12.7. The first-order valence-corrected chi connectivity index (χ1v) is 9.70. The third-order valence-electron chi connectivity index (χ3n) is 4.22. The van der Waals surface area contributed by atoms with Crippen molar-refractivity contribution in [1.82, 2.24) is 4.90 Å². The van der Waals surface area contributed by atoms with E-state index >= 15 is 0 Å². The summed E-state index contributed by atoms with van der Waals surface area (Å²) in [5.41, 5.74) is 1.14. The Bertz CT molecular complexity index is 1090. The summed E-state index contributed by atoms with van der Waals surface area (Å²) in [6.45, 7) is -0.577. The average molecular weight is 443 g/mol. The van der Waals surface area contributed by atoms with Crippen LogP contribution in [-0.2, 0) is 16.1 Å². The van der Waals surface area contributed by atoms with Crippen molar-refractivity contribution < 1.29 is 38.9 Å². The van der Waals surface area contributed by atoms with Crippen LogP contribution in [0.25, 0.3) is 6.08 Å². The second-order valence-electron chi connectivity index (χ2n) is 6.37. The monoisotopic (exact) mass is 443 g/mol. The van der Waals surface area contributed by atoms with Crippen LogP contribution in [0.5, 0.6) is 11.5 Å². The number of nitrogens with zero attached hydrogens (tertiary/aromatic N) is 1. The van der Waals surface area contributed by atoms with Crippen molar-refractivity contribution in [1.29, 1.82) is 0 Å². The first-order valence-electron chi connectivity index (χ1n) is 8.88. The first-order chi connectivity index (χ1) is 14.8. The van der Waals surface area contributed by atoms with E-state index < -0.39 is 29.7 Å². The van der Waals surface area contributed by atoms with Crippen molar-refractivity contribution in [3.63, 3.8) is 0 Å². The van der Waals surface area contributed by atoms with E-state index in [1.54, 1.807) is 24.3 Å². The van der Waals surface area contributed by atoms with Gasteiger partial charge in [-0.15, -0.1) is 0 Å². The van der Waals surface area contributed by atoms with Gasteiger partial charge in [0.2, 0.25) is 0 Å². The van der Waals surface area contributed by atoms with Crippen molar-refractivity contribution in [3.8, 4) is 11.5 Å². The summed E-state index contributed by atoms with van der Waals surface area (Å²) in [7, 11) is 1.39. The van der Waals surface area contributed by atoms with Gasteiger partial charge in [0.1, 0.15) is 0 Å². The highest BCUT2D eigenvalue weighted by molar-refractivity contribution is 8.18. The van der Waals surface area contributed by atoms with Crippen molar-refractivity contribution in [2.24, 2.45) is 0 Å². The first kappa shape index (κ1) is 21.9. The molecule has 9 nitrogen and oxygen atoms in total. The van der Waals surface area contributed by atoms with Gasteiger partial charge in [-0.25, -0.2) is 9.59 Å². The van der Waals surface area contributed by atoms with Crippen LogP contribution >= 0.6 is 11.8 Å². The summed E-state index contributed by atoms with van der Waals surface area (Å²) in [5.74, 6) is -2.22. The number of amides is 2.